The van der Waals surface area contributed by atoms with Crippen molar-refractivity contribution in [1.29, 1.82) is 0 Å². The number of hydrogen-bond donors (Lipinski definition) is 1. The van der Waals surface area contributed by atoms with Crippen LogP contribution in [0.15, 0.2) is 24.3 Å². The number of phenolic OH excluding ortho intramolecular Hbond substituents is 1. The van der Waals surface area contributed by atoms with Crippen LogP contribution in [0.1, 0.15) is 38.2 Å². The topological polar surface area (TPSA) is 29.5 Å². The third-order valence-electron chi connectivity index (χ3n) is 5.25. The molecule has 2 bridgehead atoms. The molecule has 0 amide bonds. The minimum absolute atomic E-state index is 0.0769. The summed E-state index contributed by atoms with van der Waals surface area (Å²) in [6.45, 7) is 1.55. The van der Waals surface area contributed by atoms with Gasteiger partial charge in [0.05, 0.1) is 6.61 Å². The number of benzene rings is 1. The van der Waals surface area contributed by atoms with Crippen molar-refractivity contribution in [3.8, 4) is 5.75 Å². The summed E-state index contributed by atoms with van der Waals surface area (Å²) in [5.41, 5.74) is -1.88. The van der Waals surface area contributed by atoms with E-state index in [1.54, 1.807) is 12.1 Å². The fourth-order valence-electron chi connectivity index (χ4n) is 3.48. The van der Waals surface area contributed by atoms with Crippen LogP contribution in [0, 0.1) is 5.41 Å². The summed E-state index contributed by atoms with van der Waals surface area (Å²) in [4.78, 5) is 0. The third kappa shape index (κ3) is 2.13. The van der Waals surface area contributed by atoms with Crippen LogP contribution >= 0.6 is 0 Å². The molecule has 3 aliphatic rings. The summed E-state index contributed by atoms with van der Waals surface area (Å²) in [7, 11) is 0. The fourth-order valence-corrected chi connectivity index (χ4v) is 3.48. The largest absolute Gasteiger partial charge is 0.508 e. The lowest BCUT2D eigenvalue weighted by Crippen LogP contribution is -2.66. The fraction of sp³-hybridized carbons (Fsp3) is 0.625. The first-order chi connectivity index (χ1) is 9.79. The molecule has 0 aliphatic heterocycles. The van der Waals surface area contributed by atoms with Gasteiger partial charge in [0, 0.05) is 5.41 Å². The molecule has 2 nitrogen and oxygen atoms in total. The van der Waals surface area contributed by atoms with Crippen LogP contribution in [0.4, 0.5) is 13.2 Å². The Labute approximate surface area is 121 Å². The predicted octanol–water partition coefficient (Wildman–Crippen LogP) is 4.21. The van der Waals surface area contributed by atoms with Crippen LogP contribution in [0.2, 0.25) is 0 Å². The van der Waals surface area contributed by atoms with Gasteiger partial charge in [0.25, 0.3) is 5.92 Å². The number of aromatic hydroxyl groups is 1. The van der Waals surface area contributed by atoms with Crippen LogP contribution in [-0.4, -0.2) is 22.8 Å². The number of phenols is 1. The van der Waals surface area contributed by atoms with Gasteiger partial charge in [-0.05, 0) is 43.4 Å². The zero-order valence-electron chi connectivity index (χ0n) is 11.9. The lowest BCUT2D eigenvalue weighted by molar-refractivity contribution is -0.298. The predicted molar refractivity (Wildman–Crippen MR) is 72.0 cm³/mol. The number of ether oxygens (including phenoxy) is 1. The molecule has 0 heterocycles. The van der Waals surface area contributed by atoms with Gasteiger partial charge in [-0.25, -0.2) is 13.2 Å². The van der Waals surface area contributed by atoms with E-state index in [2.05, 4.69) is 0 Å². The standard InChI is InChI=1S/C16H19F3O2/c1-14-6-8-15(9-7-14,13(17)16(14,18)19)21-10-11-2-4-12(20)5-3-11/h2-5,13,20H,6-10H2,1H3. The zero-order valence-corrected chi connectivity index (χ0v) is 11.9. The maximum atomic E-state index is 14.4. The molecule has 4 rings (SSSR count). The molecule has 1 atom stereocenters. The van der Waals surface area contributed by atoms with Crippen molar-refractivity contribution in [2.75, 3.05) is 0 Å². The minimum Gasteiger partial charge on any atom is -0.508 e. The number of halogens is 3. The van der Waals surface area contributed by atoms with Gasteiger partial charge in [-0.15, -0.1) is 0 Å². The molecule has 21 heavy (non-hydrogen) atoms. The van der Waals surface area contributed by atoms with E-state index in [9.17, 15) is 18.3 Å². The Balaban J connectivity index is 1.77. The van der Waals surface area contributed by atoms with Crippen LogP contribution in [0.5, 0.6) is 5.75 Å². The van der Waals surface area contributed by atoms with E-state index in [-0.39, 0.29) is 25.2 Å². The van der Waals surface area contributed by atoms with Gasteiger partial charge >= 0.3 is 0 Å². The highest BCUT2D eigenvalue weighted by molar-refractivity contribution is 5.25. The first-order valence-corrected chi connectivity index (χ1v) is 7.23. The Kier molecular flexibility index (Phi) is 3.24. The first-order valence-electron chi connectivity index (χ1n) is 7.23. The van der Waals surface area contributed by atoms with Gasteiger partial charge in [0.1, 0.15) is 11.4 Å². The highest BCUT2D eigenvalue weighted by atomic mass is 19.3. The molecule has 116 valence electrons. The van der Waals surface area contributed by atoms with E-state index in [4.69, 9.17) is 4.74 Å². The molecule has 1 aromatic carbocycles. The van der Waals surface area contributed by atoms with E-state index in [0.29, 0.717) is 12.8 Å². The van der Waals surface area contributed by atoms with E-state index in [1.165, 1.54) is 19.1 Å². The van der Waals surface area contributed by atoms with E-state index in [1.807, 2.05) is 0 Å². The van der Waals surface area contributed by atoms with Crippen molar-refractivity contribution in [2.45, 2.75) is 56.9 Å². The quantitative estimate of drug-likeness (QED) is 0.906. The zero-order chi connectivity index (χ0) is 15.3. The lowest BCUT2D eigenvalue weighted by atomic mass is 9.56. The summed E-state index contributed by atoms with van der Waals surface area (Å²) >= 11 is 0. The SMILES string of the molecule is CC12CCC(OCc3ccc(O)cc3)(CC1)C(F)C2(F)F. The average molecular weight is 300 g/mol. The third-order valence-corrected chi connectivity index (χ3v) is 5.25. The number of fused-ring (bicyclic) bond motifs is 3. The van der Waals surface area contributed by atoms with E-state index in [0.717, 1.165) is 5.56 Å². The summed E-state index contributed by atoms with van der Waals surface area (Å²) in [5.74, 6) is -3.21. The van der Waals surface area contributed by atoms with Crippen molar-refractivity contribution < 1.29 is 23.0 Å². The number of rotatable bonds is 3. The van der Waals surface area contributed by atoms with Gasteiger partial charge in [-0.3, -0.25) is 0 Å². The van der Waals surface area contributed by atoms with E-state index >= 15 is 0 Å². The molecule has 1 aromatic rings. The molecular weight excluding hydrogens is 281 g/mol. The lowest BCUT2D eigenvalue weighted by Gasteiger charge is -2.57. The summed E-state index contributed by atoms with van der Waals surface area (Å²) < 4.78 is 48.5. The molecule has 5 heteroatoms. The highest BCUT2D eigenvalue weighted by Crippen LogP contribution is 2.62. The van der Waals surface area contributed by atoms with Crippen molar-refractivity contribution in [1.82, 2.24) is 0 Å². The highest BCUT2D eigenvalue weighted by Gasteiger charge is 2.70. The smallest absolute Gasteiger partial charge is 0.286 e. The number of alkyl halides is 3. The second-order valence-electron chi connectivity index (χ2n) is 6.57. The van der Waals surface area contributed by atoms with Gasteiger partial charge in [-0.2, -0.15) is 0 Å². The maximum absolute atomic E-state index is 14.4. The second kappa shape index (κ2) is 4.63. The van der Waals surface area contributed by atoms with Crippen LogP contribution in [0.25, 0.3) is 0 Å². The molecule has 1 unspecified atom stereocenters. The van der Waals surface area contributed by atoms with Crippen molar-refractivity contribution in [3.05, 3.63) is 29.8 Å². The molecule has 0 spiro atoms. The molecule has 0 aromatic heterocycles. The van der Waals surface area contributed by atoms with Crippen LogP contribution in [0.3, 0.4) is 0 Å². The molecular formula is C16H19F3O2. The Morgan fingerprint density at radius 1 is 1.14 bits per heavy atom. The molecule has 3 aliphatic carbocycles. The summed E-state index contributed by atoms with van der Waals surface area (Å²) in [5, 5.41) is 9.22. The molecule has 3 fully saturated rings. The Morgan fingerprint density at radius 2 is 1.71 bits per heavy atom. The van der Waals surface area contributed by atoms with Crippen LogP contribution < -0.4 is 0 Å². The Hall–Kier alpha value is -1.23. The van der Waals surface area contributed by atoms with Crippen molar-refractivity contribution >= 4 is 0 Å². The van der Waals surface area contributed by atoms with Gasteiger partial charge in [-0.1, -0.05) is 19.1 Å². The normalized spacial score (nSPS) is 37.6. The molecule has 0 saturated heterocycles. The van der Waals surface area contributed by atoms with E-state index < -0.39 is 23.1 Å². The summed E-state index contributed by atoms with van der Waals surface area (Å²) in [6.07, 6.45) is -1.02. The Bertz CT molecular complexity index is 519. The molecule has 3 saturated carbocycles. The second-order valence-corrected chi connectivity index (χ2v) is 6.57. The first kappa shape index (κ1) is 14.7. The maximum Gasteiger partial charge on any atom is 0.286 e. The molecule has 1 N–H and O–H groups in total. The molecule has 0 radical (unpaired) electrons. The number of hydrogen-bond acceptors (Lipinski definition) is 2. The van der Waals surface area contributed by atoms with Crippen LogP contribution in [-0.2, 0) is 11.3 Å². The summed E-state index contributed by atoms with van der Waals surface area (Å²) in [6, 6.07) is 6.29. The van der Waals surface area contributed by atoms with Crippen molar-refractivity contribution in [3.63, 3.8) is 0 Å². The Morgan fingerprint density at radius 3 is 2.29 bits per heavy atom. The van der Waals surface area contributed by atoms with Gasteiger partial charge < -0.3 is 9.84 Å². The average Bonchev–Trinajstić information content (AvgIpc) is 2.46. The minimum atomic E-state index is -3.33. The van der Waals surface area contributed by atoms with Gasteiger partial charge in [0.2, 0.25) is 0 Å². The van der Waals surface area contributed by atoms with Crippen molar-refractivity contribution in [2.24, 2.45) is 5.41 Å². The van der Waals surface area contributed by atoms with Gasteiger partial charge in [0.15, 0.2) is 6.17 Å². The monoisotopic (exact) mass is 300 g/mol.